The van der Waals surface area contributed by atoms with Gasteiger partial charge < -0.3 is 19.7 Å². The molecule has 1 aromatic carbocycles. The first-order valence-corrected chi connectivity index (χ1v) is 12.0. The van der Waals surface area contributed by atoms with E-state index >= 15 is 0 Å². The zero-order valence-electron chi connectivity index (χ0n) is 19.7. The molecule has 2 heterocycles. The number of nitrogens with zero attached hydrogens (tertiary/aromatic N) is 1. The zero-order chi connectivity index (χ0) is 23.2. The number of rotatable bonds is 3. The van der Waals surface area contributed by atoms with Crippen LogP contribution in [0.25, 0.3) is 0 Å². The van der Waals surface area contributed by atoms with E-state index in [9.17, 15) is 9.59 Å². The number of hydrogen-bond donors (Lipinski definition) is 1. The van der Waals surface area contributed by atoms with Gasteiger partial charge in [-0.3, -0.25) is 9.59 Å². The first-order valence-electron chi connectivity index (χ1n) is 12.0. The molecule has 0 spiro atoms. The number of benzene rings is 1. The summed E-state index contributed by atoms with van der Waals surface area (Å²) >= 11 is 0. The summed E-state index contributed by atoms with van der Waals surface area (Å²) in [4.78, 5) is 28.4. The van der Waals surface area contributed by atoms with Crippen LogP contribution in [0.1, 0.15) is 49.0 Å². The summed E-state index contributed by atoms with van der Waals surface area (Å²) in [5, 5.41) is 3.02. The van der Waals surface area contributed by atoms with Crippen molar-refractivity contribution in [1.82, 2.24) is 5.32 Å². The second-order valence-electron chi connectivity index (χ2n) is 8.90. The van der Waals surface area contributed by atoms with Gasteiger partial charge in [0.1, 0.15) is 0 Å². The Hall–Kier alpha value is -2.70. The molecule has 6 heteroatoms. The van der Waals surface area contributed by atoms with Gasteiger partial charge in [-0.2, -0.15) is 0 Å². The van der Waals surface area contributed by atoms with Crippen molar-refractivity contribution in [3.8, 4) is 0 Å². The molecule has 1 aliphatic carbocycles. The summed E-state index contributed by atoms with van der Waals surface area (Å²) in [6, 6.07) is 6.37. The summed E-state index contributed by atoms with van der Waals surface area (Å²) in [7, 11) is 0. The Morgan fingerprint density at radius 2 is 1.94 bits per heavy atom. The number of ether oxygens (including phenoxy) is 2. The number of amides is 1. The number of anilines is 1. The van der Waals surface area contributed by atoms with Crippen LogP contribution in [0.5, 0.6) is 0 Å². The number of carbonyl (C=O) groups excluding carboxylic acids is 2. The van der Waals surface area contributed by atoms with Crippen molar-refractivity contribution in [3.05, 3.63) is 64.3 Å². The fraction of sp³-hybridized carbons (Fsp3) is 0.481. The highest BCUT2D eigenvalue weighted by Crippen LogP contribution is 2.30. The molecule has 1 amide bonds. The predicted molar refractivity (Wildman–Crippen MR) is 130 cm³/mol. The molecule has 1 fully saturated rings. The average molecular weight is 451 g/mol. The SMILES string of the molecule is CCN(c1cccc2c1C/C=C/COCC1=C(CNC2=O)C(=O)CC(C)=C1)C1CCOCC1. The highest BCUT2D eigenvalue weighted by Gasteiger charge is 2.26. The fourth-order valence-electron chi connectivity index (χ4n) is 4.98. The summed E-state index contributed by atoms with van der Waals surface area (Å²) < 4.78 is 11.4. The smallest absolute Gasteiger partial charge is 0.251 e. The van der Waals surface area contributed by atoms with Gasteiger partial charge in [0.05, 0.1) is 13.2 Å². The van der Waals surface area contributed by atoms with E-state index in [1.807, 2.05) is 31.2 Å². The highest BCUT2D eigenvalue weighted by molar-refractivity contribution is 6.02. The fourth-order valence-corrected chi connectivity index (χ4v) is 4.98. The van der Waals surface area contributed by atoms with E-state index in [2.05, 4.69) is 29.3 Å². The van der Waals surface area contributed by atoms with Crippen LogP contribution in [0.3, 0.4) is 0 Å². The number of Topliss-reactive ketones (excluding diaryl/α,β-unsaturated/α-hetero) is 1. The number of hydrogen-bond acceptors (Lipinski definition) is 5. The lowest BCUT2D eigenvalue weighted by atomic mass is 9.92. The molecule has 0 unspecified atom stereocenters. The van der Waals surface area contributed by atoms with Gasteiger partial charge in [-0.05, 0) is 56.4 Å². The summed E-state index contributed by atoms with van der Waals surface area (Å²) in [6.45, 7) is 7.58. The van der Waals surface area contributed by atoms with Gasteiger partial charge in [0.25, 0.3) is 5.91 Å². The summed E-state index contributed by atoms with van der Waals surface area (Å²) in [5.74, 6) is -0.0839. The molecule has 0 saturated carbocycles. The van der Waals surface area contributed by atoms with Gasteiger partial charge in [0.2, 0.25) is 0 Å². The maximum atomic E-state index is 13.3. The Morgan fingerprint density at radius 1 is 1.12 bits per heavy atom. The largest absolute Gasteiger partial charge is 0.381 e. The van der Waals surface area contributed by atoms with Crippen molar-refractivity contribution >= 4 is 17.4 Å². The van der Waals surface area contributed by atoms with Crippen molar-refractivity contribution in [2.24, 2.45) is 0 Å². The van der Waals surface area contributed by atoms with Gasteiger partial charge in [0, 0.05) is 55.6 Å². The molecule has 0 atom stereocenters. The van der Waals surface area contributed by atoms with Gasteiger partial charge in [0.15, 0.2) is 5.78 Å². The molecular formula is C27H34N2O4. The zero-order valence-corrected chi connectivity index (χ0v) is 19.7. The van der Waals surface area contributed by atoms with Crippen LogP contribution in [0.2, 0.25) is 0 Å². The van der Waals surface area contributed by atoms with E-state index < -0.39 is 0 Å². The van der Waals surface area contributed by atoms with Crippen LogP contribution in [0.15, 0.2) is 53.1 Å². The molecule has 33 heavy (non-hydrogen) atoms. The van der Waals surface area contributed by atoms with Gasteiger partial charge in [-0.1, -0.05) is 29.9 Å². The van der Waals surface area contributed by atoms with E-state index in [-0.39, 0.29) is 18.2 Å². The summed E-state index contributed by atoms with van der Waals surface area (Å²) in [5.41, 5.74) is 5.31. The van der Waals surface area contributed by atoms with Crippen LogP contribution in [-0.2, 0) is 20.7 Å². The summed E-state index contributed by atoms with van der Waals surface area (Å²) in [6.07, 6.45) is 9.11. The standard InChI is InChI=1S/C27H34N2O4/c1-3-29(21-10-13-32-14-11-21)25-9-6-8-23-22(25)7-4-5-12-33-18-20-15-19(2)16-26(30)24(20)17-28-27(23)31/h4-6,8-9,15,21H,3,7,10-14,16-18H2,1-2H3,(H,28,31)/b5-4+. The first kappa shape index (κ1) is 23.5. The van der Waals surface area contributed by atoms with Crippen LogP contribution < -0.4 is 10.2 Å². The van der Waals surface area contributed by atoms with Crippen molar-refractivity contribution in [3.63, 3.8) is 0 Å². The molecule has 2 aliphatic heterocycles. The molecule has 0 radical (unpaired) electrons. The first-order chi connectivity index (χ1) is 16.1. The van der Waals surface area contributed by atoms with E-state index in [0.29, 0.717) is 43.2 Å². The number of nitrogens with one attached hydrogen (secondary N) is 1. The molecule has 176 valence electrons. The topological polar surface area (TPSA) is 67.9 Å². The van der Waals surface area contributed by atoms with E-state index in [1.54, 1.807) is 0 Å². The van der Waals surface area contributed by atoms with E-state index in [0.717, 1.165) is 55.0 Å². The highest BCUT2D eigenvalue weighted by atomic mass is 16.5. The molecule has 4 rings (SSSR count). The quantitative estimate of drug-likeness (QED) is 0.710. The number of fused-ring (bicyclic) bond motifs is 1. The number of ketones is 1. The second-order valence-corrected chi connectivity index (χ2v) is 8.90. The third-order valence-electron chi connectivity index (χ3n) is 6.65. The van der Waals surface area contributed by atoms with Crippen molar-refractivity contribution in [1.29, 1.82) is 0 Å². The Bertz CT molecular complexity index is 986. The second kappa shape index (κ2) is 10.9. The minimum Gasteiger partial charge on any atom is -0.381 e. The molecule has 1 saturated heterocycles. The molecule has 6 nitrogen and oxygen atoms in total. The molecule has 0 bridgehead atoms. The Morgan fingerprint density at radius 3 is 2.73 bits per heavy atom. The van der Waals surface area contributed by atoms with Crippen LogP contribution in [0, 0.1) is 0 Å². The molecule has 1 N–H and O–H groups in total. The Kier molecular flexibility index (Phi) is 7.78. The van der Waals surface area contributed by atoms with Crippen LogP contribution in [-0.4, -0.2) is 57.2 Å². The third-order valence-corrected chi connectivity index (χ3v) is 6.65. The van der Waals surface area contributed by atoms with Gasteiger partial charge in [-0.25, -0.2) is 0 Å². The van der Waals surface area contributed by atoms with Crippen LogP contribution in [0.4, 0.5) is 5.69 Å². The van der Waals surface area contributed by atoms with Gasteiger partial charge >= 0.3 is 0 Å². The number of carbonyl (C=O) groups is 2. The van der Waals surface area contributed by atoms with Gasteiger partial charge in [-0.15, -0.1) is 0 Å². The lowest BCUT2D eigenvalue weighted by Gasteiger charge is -2.37. The monoisotopic (exact) mass is 450 g/mol. The van der Waals surface area contributed by atoms with Crippen molar-refractivity contribution < 1.29 is 19.1 Å². The van der Waals surface area contributed by atoms with E-state index in [1.165, 1.54) is 0 Å². The molecular weight excluding hydrogens is 416 g/mol. The number of allylic oxidation sites excluding steroid dienone is 2. The van der Waals surface area contributed by atoms with Crippen molar-refractivity contribution in [2.75, 3.05) is 44.4 Å². The molecule has 3 aliphatic rings. The predicted octanol–water partition coefficient (Wildman–Crippen LogP) is 3.77. The maximum Gasteiger partial charge on any atom is 0.251 e. The molecule has 1 aromatic rings. The van der Waals surface area contributed by atoms with E-state index in [4.69, 9.17) is 9.47 Å². The minimum atomic E-state index is -0.144. The lowest BCUT2D eigenvalue weighted by Crippen LogP contribution is -2.40. The third kappa shape index (κ3) is 5.45. The van der Waals surface area contributed by atoms with Crippen molar-refractivity contribution in [2.45, 2.75) is 45.6 Å². The molecule has 0 aromatic heterocycles. The normalized spacial score (nSPS) is 21.6. The Labute approximate surface area is 196 Å². The minimum absolute atomic E-state index is 0.0602. The Balaban J connectivity index is 1.68. The van der Waals surface area contributed by atoms with Crippen LogP contribution >= 0.6 is 0 Å². The maximum absolute atomic E-state index is 13.3. The lowest BCUT2D eigenvalue weighted by molar-refractivity contribution is -0.115. The average Bonchev–Trinajstić information content (AvgIpc) is 2.83.